The zero-order chi connectivity index (χ0) is 23.9. The Balaban J connectivity index is 1.38. The summed E-state index contributed by atoms with van der Waals surface area (Å²) in [6.45, 7) is 8.73. The molecule has 1 saturated heterocycles. The molecule has 34 heavy (non-hydrogen) atoms. The third-order valence-electron chi connectivity index (χ3n) is 8.65. The van der Waals surface area contributed by atoms with Gasteiger partial charge in [0, 0.05) is 31.2 Å². The number of piperidine rings is 1. The van der Waals surface area contributed by atoms with Gasteiger partial charge in [0.15, 0.2) is 0 Å². The number of rotatable bonds is 6. The molecular formula is C27H40N4O2S. The van der Waals surface area contributed by atoms with Crippen LogP contribution in [0, 0.1) is 0 Å². The molecule has 0 radical (unpaired) electrons. The summed E-state index contributed by atoms with van der Waals surface area (Å²) in [7, 11) is 0. The number of fused-ring (bicyclic) bond motifs is 3. The first-order chi connectivity index (χ1) is 16.4. The molecule has 1 aliphatic carbocycles. The molecule has 186 valence electrons. The fraction of sp³-hybridized carbons (Fsp3) is 0.704. The van der Waals surface area contributed by atoms with Crippen LogP contribution in [0.2, 0.25) is 0 Å². The topological polar surface area (TPSA) is 57.6 Å². The van der Waals surface area contributed by atoms with Crippen molar-refractivity contribution < 1.29 is 9.59 Å². The molecule has 3 aliphatic rings. The highest BCUT2D eigenvalue weighted by molar-refractivity contribution is 7.17. The van der Waals surface area contributed by atoms with E-state index < -0.39 is 5.54 Å². The number of hydrogen-bond donors (Lipinski definition) is 1. The molecule has 1 N–H and O–H groups in total. The molecule has 2 fully saturated rings. The molecule has 2 amide bonds. The van der Waals surface area contributed by atoms with Gasteiger partial charge < -0.3 is 14.8 Å². The Bertz CT molecular complexity index is 1030. The van der Waals surface area contributed by atoms with Crippen LogP contribution in [-0.4, -0.2) is 62.9 Å². The summed E-state index contributed by atoms with van der Waals surface area (Å²) >= 11 is 1.66. The number of aromatic nitrogens is 1. The minimum atomic E-state index is -0.880. The number of thiophene rings is 1. The normalized spacial score (nSPS) is 28.9. The molecule has 2 aromatic rings. The summed E-state index contributed by atoms with van der Waals surface area (Å²) < 4.78 is 3.20. The highest BCUT2D eigenvalue weighted by atomic mass is 32.1. The Hall–Kier alpha value is -1.86. The maximum absolute atomic E-state index is 13.8. The first-order valence-electron chi connectivity index (χ1n) is 13.3. The van der Waals surface area contributed by atoms with Crippen molar-refractivity contribution in [3.05, 3.63) is 23.2 Å². The number of carbonyl (C=O) groups is 2. The Kier molecular flexibility index (Phi) is 6.77. The molecule has 6 nitrogen and oxygen atoms in total. The highest BCUT2D eigenvalue weighted by Crippen LogP contribution is 2.35. The van der Waals surface area contributed by atoms with Crippen molar-refractivity contribution in [1.82, 2.24) is 19.7 Å². The predicted octanol–water partition coefficient (Wildman–Crippen LogP) is 5.02. The van der Waals surface area contributed by atoms with Crippen molar-refractivity contribution in [1.29, 1.82) is 0 Å². The fourth-order valence-electron chi connectivity index (χ4n) is 6.54. The van der Waals surface area contributed by atoms with Gasteiger partial charge in [-0.3, -0.25) is 14.5 Å². The summed E-state index contributed by atoms with van der Waals surface area (Å²) in [5, 5.41) is 5.41. The largest absolute Gasteiger partial charge is 0.351 e. The van der Waals surface area contributed by atoms with E-state index in [4.69, 9.17) is 0 Å². The van der Waals surface area contributed by atoms with Crippen molar-refractivity contribution in [2.75, 3.05) is 13.1 Å². The van der Waals surface area contributed by atoms with Gasteiger partial charge in [-0.25, -0.2) is 0 Å². The Labute approximate surface area is 207 Å². The van der Waals surface area contributed by atoms with Crippen molar-refractivity contribution >= 4 is 33.4 Å². The number of hydrogen-bond acceptors (Lipinski definition) is 4. The second-order valence-corrected chi connectivity index (χ2v) is 12.0. The molecule has 0 spiro atoms. The molecule has 1 saturated carbocycles. The monoisotopic (exact) mass is 484 g/mol. The van der Waals surface area contributed by atoms with Gasteiger partial charge in [0.2, 0.25) is 5.91 Å². The van der Waals surface area contributed by atoms with E-state index >= 15 is 0 Å². The molecule has 3 atom stereocenters. The summed E-state index contributed by atoms with van der Waals surface area (Å²) in [6.07, 6.45) is 10.4. The minimum absolute atomic E-state index is 0.00400. The molecule has 0 unspecified atom stereocenters. The van der Waals surface area contributed by atoms with E-state index in [1.165, 1.54) is 38.5 Å². The Morgan fingerprint density at radius 2 is 1.82 bits per heavy atom. The lowest BCUT2D eigenvalue weighted by Crippen LogP contribution is -2.65. The number of amides is 2. The van der Waals surface area contributed by atoms with Gasteiger partial charge in [0.05, 0.1) is 16.8 Å². The smallest absolute Gasteiger partial charge is 0.271 e. The third kappa shape index (κ3) is 4.30. The van der Waals surface area contributed by atoms with Crippen LogP contribution in [0.4, 0.5) is 0 Å². The van der Waals surface area contributed by atoms with E-state index in [0.717, 1.165) is 41.7 Å². The number of likely N-dealkylation sites (tertiary alicyclic amines) is 1. The van der Waals surface area contributed by atoms with Gasteiger partial charge in [-0.15, -0.1) is 11.3 Å². The molecule has 2 aromatic heterocycles. The van der Waals surface area contributed by atoms with Gasteiger partial charge in [-0.1, -0.05) is 25.7 Å². The number of nitrogens with one attached hydrogen (secondary N) is 1. The second kappa shape index (κ2) is 9.65. The van der Waals surface area contributed by atoms with Crippen LogP contribution in [-0.2, 0) is 11.3 Å². The van der Waals surface area contributed by atoms with Gasteiger partial charge >= 0.3 is 0 Å². The standard InChI is InChI=1S/C27H40N4O2S/c1-19-9-7-10-20(2)29(19)14-8-15-31-25(32)23-17-24-22(13-16-34-24)30(23)18-27(31,3)26(33)28-21-11-5-4-6-12-21/h13,16-17,19-21H,4-12,14-15,18H2,1-3H3,(H,28,33)/t19-,20-,27+/m1/s1. The van der Waals surface area contributed by atoms with Crippen LogP contribution in [0.3, 0.4) is 0 Å². The first kappa shape index (κ1) is 23.9. The number of nitrogens with zero attached hydrogens (tertiary/aromatic N) is 3. The molecule has 0 aromatic carbocycles. The van der Waals surface area contributed by atoms with Gasteiger partial charge in [-0.2, -0.15) is 0 Å². The molecule has 4 heterocycles. The molecule has 7 heteroatoms. The lowest BCUT2D eigenvalue weighted by atomic mass is 9.91. The SMILES string of the molecule is C[C@@H]1CCC[C@@H](C)N1CCCN1C(=O)c2cc3sccc3n2C[C@@]1(C)C(=O)NC1CCCCC1. The van der Waals surface area contributed by atoms with E-state index in [-0.39, 0.29) is 17.9 Å². The van der Waals surface area contributed by atoms with Crippen molar-refractivity contribution in [2.24, 2.45) is 0 Å². The molecule has 5 rings (SSSR count). The van der Waals surface area contributed by atoms with Crippen LogP contribution in [0.5, 0.6) is 0 Å². The summed E-state index contributed by atoms with van der Waals surface area (Å²) in [4.78, 5) is 32.1. The average molecular weight is 485 g/mol. The lowest BCUT2D eigenvalue weighted by molar-refractivity contribution is -0.133. The summed E-state index contributed by atoms with van der Waals surface area (Å²) in [6, 6.07) is 5.50. The van der Waals surface area contributed by atoms with Gasteiger partial charge in [-0.05, 0) is 70.4 Å². The van der Waals surface area contributed by atoms with Crippen LogP contribution >= 0.6 is 11.3 Å². The van der Waals surface area contributed by atoms with E-state index in [2.05, 4.69) is 40.1 Å². The van der Waals surface area contributed by atoms with E-state index in [1.54, 1.807) is 11.3 Å². The van der Waals surface area contributed by atoms with Gasteiger partial charge in [0.25, 0.3) is 5.91 Å². The minimum Gasteiger partial charge on any atom is -0.351 e. The van der Waals surface area contributed by atoms with Crippen LogP contribution in [0.1, 0.15) is 89.0 Å². The Morgan fingerprint density at radius 1 is 1.09 bits per heavy atom. The van der Waals surface area contributed by atoms with E-state index in [9.17, 15) is 9.59 Å². The summed E-state index contributed by atoms with van der Waals surface area (Å²) in [5.41, 5.74) is 0.916. The van der Waals surface area contributed by atoms with Crippen molar-refractivity contribution in [3.63, 3.8) is 0 Å². The summed E-state index contributed by atoms with van der Waals surface area (Å²) in [5.74, 6) is 0.00544. The maximum atomic E-state index is 13.8. The van der Waals surface area contributed by atoms with Crippen molar-refractivity contribution in [3.8, 4) is 0 Å². The third-order valence-corrected chi connectivity index (χ3v) is 9.51. The average Bonchev–Trinajstić information content (AvgIpc) is 3.41. The second-order valence-electron chi connectivity index (χ2n) is 11.0. The van der Waals surface area contributed by atoms with E-state index in [1.807, 2.05) is 17.9 Å². The maximum Gasteiger partial charge on any atom is 0.271 e. The van der Waals surface area contributed by atoms with Crippen LogP contribution in [0.25, 0.3) is 10.2 Å². The van der Waals surface area contributed by atoms with Crippen LogP contribution < -0.4 is 5.32 Å². The van der Waals surface area contributed by atoms with Gasteiger partial charge in [0.1, 0.15) is 11.2 Å². The molecule has 2 aliphatic heterocycles. The zero-order valence-corrected chi connectivity index (χ0v) is 21.8. The van der Waals surface area contributed by atoms with Crippen LogP contribution in [0.15, 0.2) is 17.5 Å². The fourth-order valence-corrected chi connectivity index (χ4v) is 7.36. The first-order valence-corrected chi connectivity index (χ1v) is 14.2. The predicted molar refractivity (Wildman–Crippen MR) is 138 cm³/mol. The quantitative estimate of drug-likeness (QED) is 0.626. The zero-order valence-electron chi connectivity index (χ0n) is 21.0. The lowest BCUT2D eigenvalue weighted by Gasteiger charge is -2.45. The van der Waals surface area contributed by atoms with Crippen molar-refractivity contribution in [2.45, 2.75) is 109 Å². The number of carbonyl (C=O) groups excluding carboxylic acids is 2. The Morgan fingerprint density at radius 3 is 2.56 bits per heavy atom. The molecular weight excluding hydrogens is 444 g/mol. The molecule has 0 bridgehead atoms. The highest BCUT2D eigenvalue weighted by Gasteiger charge is 2.48. The van der Waals surface area contributed by atoms with E-state index in [0.29, 0.717) is 25.2 Å².